The maximum Gasteiger partial charge on any atom is 0.327 e. The van der Waals surface area contributed by atoms with Gasteiger partial charge in [0.2, 0.25) is 53.7 Å². The molecule has 6 atom stereocenters. The number of phenolic OH excluding ortho intramolecular Hbond substituents is 1. The standard InChI is InChI=1S/C46H67N9O12S/c1-5-7-14-32(41(61)49-24-39(59)47-23-38(58)48-25-40(60)51-37(26-68)46(66)67)52-44(64)35(20-28(3)4)54-45(65)36(22-29-12-10-9-11-13-29)55-42(62)33(15-8-6-2)53-43(63)34(50-27-56)21-30-16-18-31(57)19-17-30/h9-13,16-19,27-28,32-37,57,68H,5-8,14-15,20-26H2,1-4H3,(H,47,59)(H,48,58)(H,49,61)(H,50,56)(H,51,60)(H,52,64)(H,53,63)(H,54,65)(H,55,62)(H,66,67)/t32-,33-,34-,35-,36-,37-/m0/s1. The molecule has 0 unspecified atom stereocenters. The number of nitrogens with one attached hydrogen (secondary N) is 9. The molecular formula is C46H67N9O12S. The molecule has 2 rings (SSSR count). The Labute approximate surface area is 401 Å². The van der Waals surface area contributed by atoms with Crippen molar-refractivity contribution in [3.05, 3.63) is 65.7 Å². The van der Waals surface area contributed by atoms with Gasteiger partial charge in [0, 0.05) is 18.6 Å². The summed E-state index contributed by atoms with van der Waals surface area (Å²) in [7, 11) is 0. The number of phenols is 1. The van der Waals surface area contributed by atoms with Crippen molar-refractivity contribution in [3.8, 4) is 5.75 Å². The van der Waals surface area contributed by atoms with Gasteiger partial charge < -0.3 is 58.1 Å². The zero-order valence-electron chi connectivity index (χ0n) is 38.9. The van der Waals surface area contributed by atoms with Crippen LogP contribution in [0.5, 0.6) is 5.75 Å². The van der Waals surface area contributed by atoms with Crippen molar-refractivity contribution >= 4 is 72.3 Å². The van der Waals surface area contributed by atoms with Crippen LogP contribution in [0.4, 0.5) is 0 Å². The van der Waals surface area contributed by atoms with Gasteiger partial charge in [-0.2, -0.15) is 12.6 Å². The smallest absolute Gasteiger partial charge is 0.327 e. The predicted molar refractivity (Wildman–Crippen MR) is 254 cm³/mol. The molecule has 2 aromatic rings. The van der Waals surface area contributed by atoms with Crippen molar-refractivity contribution in [2.75, 3.05) is 25.4 Å². The average molecular weight is 970 g/mol. The first kappa shape index (κ1) is 57.4. The van der Waals surface area contributed by atoms with Crippen LogP contribution < -0.4 is 47.9 Å². The lowest BCUT2D eigenvalue weighted by atomic mass is 9.99. The molecule has 0 aliphatic carbocycles. The van der Waals surface area contributed by atoms with Crippen LogP contribution >= 0.6 is 12.6 Å². The summed E-state index contributed by atoms with van der Waals surface area (Å²) in [5, 5.41) is 41.3. The van der Waals surface area contributed by atoms with Gasteiger partial charge in [-0.1, -0.05) is 95.8 Å². The van der Waals surface area contributed by atoms with Gasteiger partial charge in [-0.05, 0) is 48.4 Å². The van der Waals surface area contributed by atoms with Crippen molar-refractivity contribution in [2.45, 2.75) is 122 Å². The summed E-state index contributed by atoms with van der Waals surface area (Å²) >= 11 is 3.85. The monoisotopic (exact) mass is 969 g/mol. The largest absolute Gasteiger partial charge is 0.508 e. The molecule has 0 aliphatic heterocycles. The number of carboxylic acids is 1. The zero-order chi connectivity index (χ0) is 50.6. The second-order valence-electron chi connectivity index (χ2n) is 16.5. The first-order valence-corrected chi connectivity index (χ1v) is 23.2. The van der Waals surface area contributed by atoms with E-state index in [4.69, 9.17) is 5.11 Å². The minimum atomic E-state index is -1.30. The minimum absolute atomic E-state index is 0.00324. The van der Waals surface area contributed by atoms with Crippen LogP contribution in [0.1, 0.15) is 83.8 Å². The van der Waals surface area contributed by atoms with Gasteiger partial charge in [0.05, 0.1) is 19.6 Å². The Morgan fingerprint density at radius 3 is 1.54 bits per heavy atom. The van der Waals surface area contributed by atoms with Crippen LogP contribution in [0.3, 0.4) is 0 Å². The molecule has 9 amide bonds. The Balaban J connectivity index is 2.20. The Morgan fingerprint density at radius 1 is 0.559 bits per heavy atom. The number of aliphatic carboxylic acids is 1. The molecule has 0 aromatic heterocycles. The SMILES string of the molecule is CCCC[C@H](NC(=O)[C@H](CC(C)C)NC(=O)[C@H](Cc1ccccc1)NC(=O)[C@H](CCCC)NC(=O)[C@H](Cc1ccc(O)cc1)NC=O)C(=O)NCC(=O)NCC(=O)NCC(=O)N[C@@H](CS)C(=O)O. The highest BCUT2D eigenvalue weighted by Gasteiger charge is 2.33. The fourth-order valence-corrected chi connectivity index (χ4v) is 6.83. The van der Waals surface area contributed by atoms with Gasteiger partial charge >= 0.3 is 5.97 Å². The molecule has 0 saturated heterocycles. The van der Waals surface area contributed by atoms with Gasteiger partial charge in [0.15, 0.2) is 0 Å². The molecule has 21 nitrogen and oxygen atoms in total. The summed E-state index contributed by atoms with van der Waals surface area (Å²) in [6.45, 7) is 5.74. The maximum atomic E-state index is 14.2. The highest BCUT2D eigenvalue weighted by Crippen LogP contribution is 2.13. The quantitative estimate of drug-likeness (QED) is 0.0327. The summed E-state index contributed by atoms with van der Waals surface area (Å²) in [6, 6.07) is 7.91. The molecule has 0 bridgehead atoms. The van der Waals surface area contributed by atoms with Crippen molar-refractivity contribution in [3.63, 3.8) is 0 Å². The molecule has 0 fully saturated rings. The van der Waals surface area contributed by atoms with Crippen LogP contribution in [0.2, 0.25) is 0 Å². The molecule has 0 radical (unpaired) electrons. The number of thiol groups is 1. The fourth-order valence-electron chi connectivity index (χ4n) is 6.59. The Morgan fingerprint density at radius 2 is 1.01 bits per heavy atom. The molecule has 0 saturated carbocycles. The summed E-state index contributed by atoms with van der Waals surface area (Å²) in [5.74, 6) is -7.35. The average Bonchev–Trinajstić information content (AvgIpc) is 3.31. The molecule has 11 N–H and O–H groups in total. The lowest BCUT2D eigenvalue weighted by molar-refractivity contribution is -0.141. The summed E-state index contributed by atoms with van der Waals surface area (Å²) < 4.78 is 0. The fraction of sp³-hybridized carbons (Fsp3) is 0.522. The highest BCUT2D eigenvalue weighted by atomic mass is 32.1. The third-order valence-corrected chi connectivity index (χ3v) is 10.7. The van der Waals surface area contributed by atoms with Crippen molar-refractivity contribution in [1.29, 1.82) is 0 Å². The van der Waals surface area contributed by atoms with Crippen LogP contribution in [0, 0.1) is 5.92 Å². The van der Waals surface area contributed by atoms with Crippen LogP contribution in [-0.2, 0) is 60.8 Å². The second-order valence-corrected chi connectivity index (χ2v) is 16.8. The topological polar surface area (TPSA) is 319 Å². The Bertz CT molecular complexity index is 1990. The van der Waals surface area contributed by atoms with Crippen molar-refractivity contribution in [1.82, 2.24) is 47.9 Å². The summed E-state index contributed by atoms with van der Waals surface area (Å²) in [5.41, 5.74) is 1.32. The molecule has 0 heterocycles. The molecule has 0 aliphatic rings. The third kappa shape index (κ3) is 22.2. The zero-order valence-corrected chi connectivity index (χ0v) is 39.8. The molecule has 22 heteroatoms. The number of carbonyl (C=O) groups excluding carboxylic acids is 9. The van der Waals surface area contributed by atoms with E-state index < -0.39 is 109 Å². The number of rotatable bonds is 32. The first-order valence-electron chi connectivity index (χ1n) is 22.6. The third-order valence-electron chi connectivity index (χ3n) is 10.3. The maximum absolute atomic E-state index is 14.2. The highest BCUT2D eigenvalue weighted by molar-refractivity contribution is 7.80. The second kappa shape index (κ2) is 31.3. The van der Waals surface area contributed by atoms with E-state index >= 15 is 0 Å². The molecule has 68 heavy (non-hydrogen) atoms. The van der Waals surface area contributed by atoms with Crippen LogP contribution in [0.25, 0.3) is 0 Å². The Kier molecular flexibility index (Phi) is 26.4. The summed E-state index contributed by atoms with van der Waals surface area (Å²) in [4.78, 5) is 128. The minimum Gasteiger partial charge on any atom is -0.508 e. The van der Waals surface area contributed by atoms with E-state index in [1.165, 1.54) is 12.1 Å². The van der Waals surface area contributed by atoms with E-state index in [1.54, 1.807) is 42.5 Å². The van der Waals surface area contributed by atoms with Crippen LogP contribution in [0.15, 0.2) is 54.6 Å². The molecule has 2 aromatic carbocycles. The van der Waals surface area contributed by atoms with Gasteiger partial charge in [-0.3, -0.25) is 43.2 Å². The van der Waals surface area contributed by atoms with E-state index in [0.717, 1.165) is 0 Å². The lowest BCUT2D eigenvalue weighted by Crippen LogP contribution is -2.59. The van der Waals surface area contributed by atoms with Crippen molar-refractivity contribution in [2.24, 2.45) is 5.92 Å². The van der Waals surface area contributed by atoms with E-state index in [9.17, 15) is 53.1 Å². The number of carboxylic acid groups (broad SMARTS) is 1. The Hall–Kier alpha value is -6.71. The lowest BCUT2D eigenvalue weighted by Gasteiger charge is -2.28. The number of carbonyl (C=O) groups is 10. The van der Waals surface area contributed by atoms with Gasteiger partial charge in [-0.15, -0.1) is 0 Å². The summed E-state index contributed by atoms with van der Waals surface area (Å²) in [6.07, 6.45) is 3.31. The number of unbranched alkanes of at least 4 members (excludes halogenated alkanes) is 2. The van der Waals surface area contributed by atoms with E-state index in [1.807, 2.05) is 27.7 Å². The van der Waals surface area contributed by atoms with E-state index in [2.05, 4.69) is 60.5 Å². The number of amides is 9. The molecule has 0 spiro atoms. The molecule has 374 valence electrons. The van der Waals surface area contributed by atoms with Crippen molar-refractivity contribution < 1.29 is 58.2 Å². The normalized spacial score (nSPS) is 13.4. The number of benzene rings is 2. The number of hydrogen-bond donors (Lipinski definition) is 12. The van der Waals surface area contributed by atoms with E-state index in [0.29, 0.717) is 43.2 Å². The van der Waals surface area contributed by atoms with E-state index in [-0.39, 0.29) is 49.5 Å². The molecular weight excluding hydrogens is 903 g/mol. The van der Waals surface area contributed by atoms with Gasteiger partial charge in [0.1, 0.15) is 42.0 Å². The first-order chi connectivity index (χ1) is 32.4. The van der Waals surface area contributed by atoms with Gasteiger partial charge in [0.25, 0.3) is 0 Å². The number of aromatic hydroxyl groups is 1. The van der Waals surface area contributed by atoms with Gasteiger partial charge in [-0.25, -0.2) is 4.79 Å². The predicted octanol–water partition coefficient (Wildman–Crippen LogP) is -0.494. The van der Waals surface area contributed by atoms with Crippen LogP contribution in [-0.4, -0.2) is 131 Å². The number of hydrogen-bond acceptors (Lipinski definition) is 12.